The van der Waals surface area contributed by atoms with Gasteiger partial charge in [-0.3, -0.25) is 10.1 Å². The average Bonchev–Trinajstić information content (AvgIpc) is 1.86. The Bertz CT molecular complexity index is 243. The number of allylic oxidation sites excluding steroid dienone is 3. The van der Waals surface area contributed by atoms with Crippen LogP contribution < -0.4 is 0 Å². The molecule has 0 amide bonds. The lowest BCUT2D eigenvalue weighted by Crippen LogP contribution is -2.16. The fourth-order valence-electron chi connectivity index (χ4n) is 0.835. The smallest absolute Gasteiger partial charge is 0.258 e. The van der Waals surface area contributed by atoms with Crippen molar-refractivity contribution in [3.8, 4) is 0 Å². The van der Waals surface area contributed by atoms with Gasteiger partial charge in [-0.1, -0.05) is 0 Å². The Labute approximate surface area is 63.4 Å². The molecule has 0 radical (unpaired) electrons. The van der Waals surface area contributed by atoms with Gasteiger partial charge in [0.25, 0.3) is 5.70 Å². The van der Waals surface area contributed by atoms with Crippen LogP contribution in [-0.4, -0.2) is 10.6 Å². The first kappa shape index (κ1) is 7.91. The summed E-state index contributed by atoms with van der Waals surface area (Å²) in [4.78, 5) is 9.61. The monoisotopic (exact) mass is 157 g/mol. The molecule has 1 unspecified atom stereocenters. The zero-order valence-electron chi connectivity index (χ0n) is 6.08. The summed E-state index contributed by atoms with van der Waals surface area (Å²) in [5, 5.41) is 10.1. The largest absolute Gasteiger partial charge is 0.265 e. The zero-order valence-corrected chi connectivity index (χ0v) is 6.08. The number of hydrogen-bond donors (Lipinski definition) is 0. The molecule has 4 heteroatoms. The van der Waals surface area contributed by atoms with Crippen molar-refractivity contribution >= 4 is 0 Å². The van der Waals surface area contributed by atoms with Gasteiger partial charge in [0.05, 0.1) is 4.92 Å². The minimum atomic E-state index is -1.42. The summed E-state index contributed by atoms with van der Waals surface area (Å²) >= 11 is 0. The van der Waals surface area contributed by atoms with Crippen LogP contribution in [0.15, 0.2) is 23.9 Å². The zero-order chi connectivity index (χ0) is 8.48. The summed E-state index contributed by atoms with van der Waals surface area (Å²) in [6, 6.07) is 0. The first-order chi connectivity index (χ1) is 5.01. The van der Waals surface area contributed by atoms with E-state index in [9.17, 15) is 14.5 Å². The van der Waals surface area contributed by atoms with Gasteiger partial charge in [-0.2, -0.15) is 0 Å². The molecule has 0 aliphatic heterocycles. The summed E-state index contributed by atoms with van der Waals surface area (Å²) in [5.41, 5.74) is -1.44. The highest BCUT2D eigenvalue weighted by Gasteiger charge is 2.24. The second kappa shape index (κ2) is 2.45. The van der Waals surface area contributed by atoms with Gasteiger partial charge in [0.2, 0.25) is 0 Å². The molecular weight excluding hydrogens is 149 g/mol. The predicted octanol–water partition coefficient (Wildman–Crippen LogP) is 1.84. The second-order valence-corrected chi connectivity index (χ2v) is 2.70. The lowest BCUT2D eigenvalue weighted by molar-refractivity contribution is -0.419. The highest BCUT2D eigenvalue weighted by molar-refractivity contribution is 5.21. The molecule has 3 nitrogen and oxygen atoms in total. The molecular formula is C7H8FNO2. The van der Waals surface area contributed by atoms with Gasteiger partial charge in [0, 0.05) is 12.5 Å². The maximum atomic E-state index is 13.0. The SMILES string of the molecule is CC1(F)C=CC([N+](=O)[O-])=CC1. The lowest BCUT2D eigenvalue weighted by atomic mass is 9.99. The number of rotatable bonds is 1. The van der Waals surface area contributed by atoms with Crippen molar-refractivity contribution in [3.05, 3.63) is 34.0 Å². The molecule has 0 saturated heterocycles. The van der Waals surface area contributed by atoms with E-state index in [0.717, 1.165) is 0 Å². The van der Waals surface area contributed by atoms with E-state index in [1.807, 2.05) is 0 Å². The minimum Gasteiger partial charge on any atom is -0.258 e. The van der Waals surface area contributed by atoms with Gasteiger partial charge >= 0.3 is 0 Å². The third-order valence-electron chi connectivity index (χ3n) is 1.52. The minimum absolute atomic E-state index is 0.0277. The molecule has 0 aromatic rings. The van der Waals surface area contributed by atoms with Gasteiger partial charge in [-0.25, -0.2) is 4.39 Å². The van der Waals surface area contributed by atoms with Crippen LogP contribution in [0.4, 0.5) is 4.39 Å². The van der Waals surface area contributed by atoms with E-state index in [4.69, 9.17) is 0 Å². The van der Waals surface area contributed by atoms with Crippen LogP contribution in [0.25, 0.3) is 0 Å². The van der Waals surface area contributed by atoms with Gasteiger partial charge < -0.3 is 0 Å². The van der Waals surface area contributed by atoms with Crippen LogP contribution >= 0.6 is 0 Å². The van der Waals surface area contributed by atoms with E-state index >= 15 is 0 Å². The molecule has 1 rings (SSSR count). The van der Waals surface area contributed by atoms with Crippen LogP contribution in [0.5, 0.6) is 0 Å². The summed E-state index contributed by atoms with van der Waals surface area (Å²) in [7, 11) is 0. The summed E-state index contributed by atoms with van der Waals surface area (Å²) in [6.07, 6.45) is 3.79. The van der Waals surface area contributed by atoms with Crippen molar-refractivity contribution < 1.29 is 9.31 Å². The van der Waals surface area contributed by atoms with Gasteiger partial charge in [-0.05, 0) is 19.1 Å². The summed E-state index contributed by atoms with van der Waals surface area (Å²) in [5.74, 6) is 0. The number of alkyl halides is 1. The van der Waals surface area contributed by atoms with E-state index in [2.05, 4.69) is 0 Å². The molecule has 0 heterocycles. The number of nitrogens with zero attached hydrogens (tertiary/aromatic N) is 1. The van der Waals surface area contributed by atoms with Crippen LogP contribution in [0.1, 0.15) is 13.3 Å². The van der Waals surface area contributed by atoms with E-state index < -0.39 is 10.6 Å². The Morgan fingerprint density at radius 1 is 1.82 bits per heavy atom. The summed E-state index contributed by atoms with van der Waals surface area (Å²) in [6.45, 7) is 1.39. The second-order valence-electron chi connectivity index (χ2n) is 2.70. The molecule has 0 spiro atoms. The Morgan fingerprint density at radius 3 is 2.82 bits per heavy atom. The average molecular weight is 157 g/mol. The Hall–Kier alpha value is -1.19. The van der Waals surface area contributed by atoms with Crippen molar-refractivity contribution in [1.82, 2.24) is 0 Å². The van der Waals surface area contributed by atoms with Crippen LogP contribution in [0, 0.1) is 10.1 Å². The fourth-order valence-corrected chi connectivity index (χ4v) is 0.835. The fraction of sp³-hybridized carbons (Fsp3) is 0.429. The number of hydrogen-bond acceptors (Lipinski definition) is 2. The van der Waals surface area contributed by atoms with E-state index in [1.165, 1.54) is 25.2 Å². The third-order valence-corrected chi connectivity index (χ3v) is 1.52. The van der Waals surface area contributed by atoms with E-state index in [-0.39, 0.29) is 12.1 Å². The van der Waals surface area contributed by atoms with Crippen molar-refractivity contribution in [1.29, 1.82) is 0 Å². The Kier molecular flexibility index (Phi) is 1.76. The van der Waals surface area contributed by atoms with Crippen molar-refractivity contribution in [2.75, 3.05) is 0 Å². The topological polar surface area (TPSA) is 43.1 Å². The quantitative estimate of drug-likeness (QED) is 0.430. The Balaban J connectivity index is 2.75. The molecule has 60 valence electrons. The van der Waals surface area contributed by atoms with Crippen LogP contribution in [0.3, 0.4) is 0 Å². The summed E-state index contributed by atoms with van der Waals surface area (Å²) < 4.78 is 13.0. The molecule has 0 aromatic heterocycles. The molecule has 0 N–H and O–H groups in total. The molecule has 11 heavy (non-hydrogen) atoms. The molecule has 1 aliphatic rings. The highest BCUT2D eigenvalue weighted by Crippen LogP contribution is 2.23. The van der Waals surface area contributed by atoms with Gasteiger partial charge in [0.15, 0.2) is 0 Å². The maximum absolute atomic E-state index is 13.0. The van der Waals surface area contributed by atoms with Crippen molar-refractivity contribution in [2.24, 2.45) is 0 Å². The highest BCUT2D eigenvalue weighted by atomic mass is 19.1. The van der Waals surface area contributed by atoms with Crippen molar-refractivity contribution in [2.45, 2.75) is 19.0 Å². The maximum Gasteiger partial charge on any atom is 0.265 e. The molecule has 0 fully saturated rings. The van der Waals surface area contributed by atoms with Gasteiger partial charge in [-0.15, -0.1) is 0 Å². The van der Waals surface area contributed by atoms with Crippen LogP contribution in [0.2, 0.25) is 0 Å². The van der Waals surface area contributed by atoms with E-state index in [1.54, 1.807) is 0 Å². The standard InChI is InChI=1S/C7H8FNO2/c1-7(8)4-2-6(3-5-7)9(10)11/h2-4H,5H2,1H3. The molecule has 1 atom stereocenters. The molecule has 0 bridgehead atoms. The van der Waals surface area contributed by atoms with Crippen LogP contribution in [-0.2, 0) is 0 Å². The lowest BCUT2D eigenvalue weighted by Gasteiger charge is -2.14. The predicted molar refractivity (Wildman–Crippen MR) is 38.3 cm³/mol. The Morgan fingerprint density at radius 2 is 2.45 bits per heavy atom. The number of nitro groups is 1. The normalized spacial score (nSPS) is 29.8. The van der Waals surface area contributed by atoms with E-state index in [0.29, 0.717) is 0 Å². The first-order valence-electron chi connectivity index (χ1n) is 3.24. The first-order valence-corrected chi connectivity index (χ1v) is 3.24. The van der Waals surface area contributed by atoms with Gasteiger partial charge in [0.1, 0.15) is 5.67 Å². The third kappa shape index (κ3) is 1.86. The number of halogens is 1. The van der Waals surface area contributed by atoms with Crippen molar-refractivity contribution in [3.63, 3.8) is 0 Å². The molecule has 0 saturated carbocycles. The molecule has 0 aromatic carbocycles. The molecule has 1 aliphatic carbocycles.